The van der Waals surface area contributed by atoms with Crippen LogP contribution in [-0.4, -0.2) is 24.5 Å². The topological polar surface area (TPSA) is 82.7 Å². The van der Waals surface area contributed by atoms with E-state index in [2.05, 4.69) is 15.4 Å². The third-order valence-electron chi connectivity index (χ3n) is 2.11. The number of halogens is 1. The Morgan fingerprint density at radius 2 is 1.80 bits per heavy atom. The lowest BCUT2D eigenvalue weighted by atomic mass is 10.4. The van der Waals surface area contributed by atoms with Crippen molar-refractivity contribution in [1.29, 1.82) is 0 Å². The van der Waals surface area contributed by atoms with Crippen molar-refractivity contribution in [1.82, 2.24) is 24.5 Å². The van der Waals surface area contributed by atoms with Gasteiger partial charge < -0.3 is 0 Å². The van der Waals surface area contributed by atoms with Crippen LogP contribution in [0.15, 0.2) is 9.59 Å². The molecule has 15 heavy (non-hydrogen) atoms. The molecule has 0 aliphatic rings. The minimum absolute atomic E-state index is 0.0164. The summed E-state index contributed by atoms with van der Waals surface area (Å²) in [6, 6.07) is 0. The Hall–Kier alpha value is -1.76. The summed E-state index contributed by atoms with van der Waals surface area (Å²) in [4.78, 5) is 23.2. The third kappa shape index (κ3) is 1.23. The predicted octanol–water partition coefficient (Wildman–Crippen LogP) is -0.924. The lowest BCUT2D eigenvalue weighted by Gasteiger charge is -2.05. The molecule has 0 aliphatic heterocycles. The van der Waals surface area contributed by atoms with Crippen molar-refractivity contribution < 1.29 is 0 Å². The van der Waals surface area contributed by atoms with Crippen LogP contribution in [0.1, 0.15) is 0 Å². The largest absolute Gasteiger partial charge is 0.331 e. The molecule has 2 aromatic rings. The fraction of sp³-hybridized carbons (Fsp3) is 0.286. The average molecular weight is 228 g/mol. The van der Waals surface area contributed by atoms with E-state index in [0.29, 0.717) is 0 Å². The van der Waals surface area contributed by atoms with Crippen molar-refractivity contribution in [2.45, 2.75) is 0 Å². The average Bonchev–Trinajstić information content (AvgIpc) is 2.23. The van der Waals surface area contributed by atoms with Crippen LogP contribution in [0, 0.1) is 0 Å². The van der Waals surface area contributed by atoms with Crippen LogP contribution < -0.4 is 11.2 Å². The van der Waals surface area contributed by atoms with Gasteiger partial charge in [0.05, 0.1) is 0 Å². The first-order valence-electron chi connectivity index (χ1n) is 3.98. The van der Waals surface area contributed by atoms with E-state index in [9.17, 15) is 9.59 Å². The highest BCUT2D eigenvalue weighted by molar-refractivity contribution is 6.33. The minimum atomic E-state index is -0.537. The van der Waals surface area contributed by atoms with Gasteiger partial charge in [0, 0.05) is 14.1 Å². The van der Waals surface area contributed by atoms with Crippen LogP contribution in [0.4, 0.5) is 0 Å². The van der Waals surface area contributed by atoms with Gasteiger partial charge in [0.25, 0.3) is 5.56 Å². The van der Waals surface area contributed by atoms with Gasteiger partial charge in [-0.05, 0) is 5.21 Å². The third-order valence-corrected chi connectivity index (χ3v) is 2.37. The molecule has 2 heterocycles. The molecular formula is C7H6ClN5O2. The molecule has 0 aliphatic carbocycles. The molecule has 7 nitrogen and oxygen atoms in total. The molecule has 0 saturated carbocycles. The van der Waals surface area contributed by atoms with Crippen molar-refractivity contribution in [3.63, 3.8) is 0 Å². The van der Waals surface area contributed by atoms with Crippen molar-refractivity contribution in [3.8, 4) is 0 Å². The first kappa shape index (κ1) is 9.78. The molecule has 0 radical (unpaired) electrons. The Kier molecular flexibility index (Phi) is 2.04. The van der Waals surface area contributed by atoms with E-state index in [1.165, 1.54) is 18.7 Å². The molecule has 0 aromatic carbocycles. The van der Waals surface area contributed by atoms with E-state index < -0.39 is 11.2 Å². The monoisotopic (exact) mass is 227 g/mol. The van der Waals surface area contributed by atoms with E-state index in [4.69, 9.17) is 11.6 Å². The molecule has 0 N–H and O–H groups in total. The lowest BCUT2D eigenvalue weighted by molar-refractivity contribution is 0.702. The molecule has 0 spiro atoms. The standard InChI is InChI=1S/C7H6ClN5O2/c1-12-4-3(9-11-10-5(4)8)6(14)13(2)7(12)15/h1-2H3. The van der Waals surface area contributed by atoms with Crippen LogP contribution in [0.3, 0.4) is 0 Å². The van der Waals surface area contributed by atoms with Crippen molar-refractivity contribution >= 4 is 22.6 Å². The molecular weight excluding hydrogens is 222 g/mol. The molecule has 0 unspecified atom stereocenters. The zero-order valence-electron chi connectivity index (χ0n) is 7.93. The predicted molar refractivity (Wildman–Crippen MR) is 52.8 cm³/mol. The van der Waals surface area contributed by atoms with Crippen LogP contribution in [-0.2, 0) is 14.1 Å². The summed E-state index contributed by atoms with van der Waals surface area (Å²) < 4.78 is 2.15. The zero-order chi connectivity index (χ0) is 11.2. The smallest absolute Gasteiger partial charge is 0.292 e. The summed E-state index contributed by atoms with van der Waals surface area (Å²) in [6.45, 7) is 0. The fourth-order valence-electron chi connectivity index (χ4n) is 1.31. The number of hydrogen-bond donors (Lipinski definition) is 0. The number of fused-ring (bicyclic) bond motifs is 1. The molecule has 0 saturated heterocycles. The number of rotatable bonds is 0. The van der Waals surface area contributed by atoms with Gasteiger partial charge in [0.2, 0.25) is 0 Å². The number of aromatic nitrogens is 5. The van der Waals surface area contributed by atoms with E-state index in [0.717, 1.165) is 4.57 Å². The summed E-state index contributed by atoms with van der Waals surface area (Å²) in [7, 11) is 2.85. The van der Waals surface area contributed by atoms with Crippen molar-refractivity contribution in [2.24, 2.45) is 14.1 Å². The molecule has 2 aromatic heterocycles. The first-order chi connectivity index (χ1) is 7.04. The van der Waals surface area contributed by atoms with Crippen LogP contribution in [0.2, 0.25) is 5.15 Å². The van der Waals surface area contributed by atoms with Gasteiger partial charge in [-0.1, -0.05) is 11.6 Å². The molecule has 78 valence electrons. The second kappa shape index (κ2) is 3.13. The van der Waals surface area contributed by atoms with Crippen LogP contribution >= 0.6 is 11.6 Å². The Morgan fingerprint density at radius 1 is 1.13 bits per heavy atom. The Balaban J connectivity index is 3.23. The van der Waals surface area contributed by atoms with E-state index in [1.807, 2.05) is 0 Å². The second-order valence-corrected chi connectivity index (χ2v) is 3.34. The van der Waals surface area contributed by atoms with E-state index in [1.54, 1.807) is 0 Å². The normalized spacial score (nSPS) is 10.9. The zero-order valence-corrected chi connectivity index (χ0v) is 8.69. The maximum atomic E-state index is 11.6. The summed E-state index contributed by atoms with van der Waals surface area (Å²) in [5.74, 6) is 0. The Bertz CT molecular complexity index is 659. The highest BCUT2D eigenvalue weighted by atomic mass is 35.5. The van der Waals surface area contributed by atoms with E-state index >= 15 is 0 Å². The van der Waals surface area contributed by atoms with Crippen molar-refractivity contribution in [3.05, 3.63) is 26.0 Å². The highest BCUT2D eigenvalue weighted by Gasteiger charge is 2.13. The summed E-state index contributed by atoms with van der Waals surface area (Å²) in [6.07, 6.45) is 0. The number of hydrogen-bond acceptors (Lipinski definition) is 5. The fourth-order valence-corrected chi connectivity index (χ4v) is 1.56. The van der Waals surface area contributed by atoms with Gasteiger partial charge in [-0.2, -0.15) is 0 Å². The summed E-state index contributed by atoms with van der Waals surface area (Å²) in [5.41, 5.74) is -0.798. The van der Waals surface area contributed by atoms with Gasteiger partial charge in [-0.25, -0.2) is 4.79 Å². The second-order valence-electron chi connectivity index (χ2n) is 2.98. The van der Waals surface area contributed by atoms with E-state index in [-0.39, 0.29) is 16.2 Å². The van der Waals surface area contributed by atoms with Gasteiger partial charge in [-0.15, -0.1) is 10.2 Å². The van der Waals surface area contributed by atoms with Gasteiger partial charge >= 0.3 is 5.69 Å². The molecule has 0 amide bonds. The SMILES string of the molecule is Cn1c(=O)c2nnnc(Cl)c2n(C)c1=O. The first-order valence-corrected chi connectivity index (χ1v) is 4.36. The Labute approximate surface area is 87.9 Å². The Morgan fingerprint density at radius 3 is 2.47 bits per heavy atom. The van der Waals surface area contributed by atoms with Crippen LogP contribution in [0.5, 0.6) is 0 Å². The van der Waals surface area contributed by atoms with Crippen LogP contribution in [0.25, 0.3) is 11.0 Å². The molecule has 8 heteroatoms. The number of aryl methyl sites for hydroxylation is 1. The molecule has 0 bridgehead atoms. The summed E-state index contributed by atoms with van der Waals surface area (Å²) in [5, 5.41) is 10.4. The molecule has 0 fully saturated rings. The van der Waals surface area contributed by atoms with Gasteiger partial charge in [-0.3, -0.25) is 13.9 Å². The summed E-state index contributed by atoms with van der Waals surface area (Å²) >= 11 is 5.74. The quantitative estimate of drug-likeness (QED) is 0.581. The lowest BCUT2D eigenvalue weighted by Crippen LogP contribution is -2.37. The van der Waals surface area contributed by atoms with Crippen molar-refractivity contribution in [2.75, 3.05) is 0 Å². The maximum absolute atomic E-state index is 11.6. The molecule has 0 atom stereocenters. The van der Waals surface area contributed by atoms with Gasteiger partial charge in [0.1, 0.15) is 5.52 Å². The number of nitrogens with zero attached hydrogens (tertiary/aromatic N) is 5. The molecule has 2 rings (SSSR count). The minimum Gasteiger partial charge on any atom is -0.292 e. The van der Waals surface area contributed by atoms with Gasteiger partial charge in [0.15, 0.2) is 10.7 Å². The highest BCUT2D eigenvalue weighted by Crippen LogP contribution is 2.12. The maximum Gasteiger partial charge on any atom is 0.331 e.